The molecule has 3 aromatic rings. The predicted molar refractivity (Wildman–Crippen MR) is 99.9 cm³/mol. The molecule has 0 fully saturated rings. The second kappa shape index (κ2) is 7.44. The number of anilines is 1. The standard InChI is InChI=1S/C17H19N5S2/c1-2-6-13-12(5-1)14-15(21-11-22-16(14)24-13)23-10-4-9-20-17-18-7-3-8-19-17/h3,7-8,11H,1-2,4-6,9-10H2,(H,18,19,20). The van der Waals surface area contributed by atoms with Crippen molar-refractivity contribution in [2.45, 2.75) is 37.1 Å². The number of hydrogen-bond acceptors (Lipinski definition) is 7. The summed E-state index contributed by atoms with van der Waals surface area (Å²) in [5.41, 5.74) is 1.51. The van der Waals surface area contributed by atoms with E-state index in [0.29, 0.717) is 5.95 Å². The van der Waals surface area contributed by atoms with Crippen LogP contribution in [-0.4, -0.2) is 32.2 Å². The summed E-state index contributed by atoms with van der Waals surface area (Å²) >= 11 is 3.70. The summed E-state index contributed by atoms with van der Waals surface area (Å²) < 4.78 is 0. The van der Waals surface area contributed by atoms with E-state index in [9.17, 15) is 0 Å². The minimum atomic E-state index is 0.693. The van der Waals surface area contributed by atoms with Gasteiger partial charge in [-0.2, -0.15) is 0 Å². The van der Waals surface area contributed by atoms with Crippen molar-refractivity contribution >= 4 is 39.3 Å². The molecule has 1 aliphatic rings. The molecule has 0 saturated carbocycles. The molecule has 3 aromatic heterocycles. The molecule has 0 saturated heterocycles. The summed E-state index contributed by atoms with van der Waals surface area (Å²) in [6.07, 6.45) is 11.2. The lowest BCUT2D eigenvalue weighted by Crippen LogP contribution is -2.05. The van der Waals surface area contributed by atoms with E-state index in [-0.39, 0.29) is 0 Å². The zero-order valence-corrected chi connectivity index (χ0v) is 15.0. The molecule has 124 valence electrons. The summed E-state index contributed by atoms with van der Waals surface area (Å²) in [6, 6.07) is 1.82. The van der Waals surface area contributed by atoms with Gasteiger partial charge in [-0.05, 0) is 43.7 Å². The third-order valence-corrected chi connectivity index (χ3v) is 6.40. The summed E-state index contributed by atoms with van der Waals surface area (Å²) in [5, 5.41) is 5.72. The third kappa shape index (κ3) is 3.37. The van der Waals surface area contributed by atoms with Gasteiger partial charge < -0.3 is 5.32 Å². The molecule has 0 spiro atoms. The van der Waals surface area contributed by atoms with Crippen LogP contribution in [0.5, 0.6) is 0 Å². The molecule has 0 unspecified atom stereocenters. The molecule has 1 N–H and O–H groups in total. The molecule has 0 radical (unpaired) electrons. The quantitative estimate of drug-likeness (QED) is 0.409. The molecular formula is C17H19N5S2. The summed E-state index contributed by atoms with van der Waals surface area (Å²) in [5.74, 6) is 1.72. The van der Waals surface area contributed by atoms with Crippen LogP contribution in [0.2, 0.25) is 0 Å². The highest BCUT2D eigenvalue weighted by Gasteiger charge is 2.19. The van der Waals surface area contributed by atoms with Gasteiger partial charge in [0, 0.05) is 35.0 Å². The van der Waals surface area contributed by atoms with Gasteiger partial charge in [0.05, 0.1) is 0 Å². The molecule has 0 aliphatic heterocycles. The van der Waals surface area contributed by atoms with Gasteiger partial charge in [0.2, 0.25) is 5.95 Å². The van der Waals surface area contributed by atoms with Gasteiger partial charge in [-0.1, -0.05) is 0 Å². The van der Waals surface area contributed by atoms with E-state index in [4.69, 9.17) is 0 Å². The monoisotopic (exact) mass is 357 g/mol. The van der Waals surface area contributed by atoms with Crippen LogP contribution in [0.25, 0.3) is 10.2 Å². The van der Waals surface area contributed by atoms with Crippen molar-refractivity contribution in [3.05, 3.63) is 35.2 Å². The molecule has 5 nitrogen and oxygen atoms in total. The Hall–Kier alpha value is -1.73. The van der Waals surface area contributed by atoms with Crippen molar-refractivity contribution < 1.29 is 0 Å². The van der Waals surface area contributed by atoms with Crippen LogP contribution in [0.3, 0.4) is 0 Å². The Kier molecular flexibility index (Phi) is 4.89. The lowest BCUT2D eigenvalue weighted by atomic mass is 9.97. The minimum absolute atomic E-state index is 0.693. The van der Waals surface area contributed by atoms with Crippen LogP contribution < -0.4 is 5.32 Å². The van der Waals surface area contributed by atoms with Crippen molar-refractivity contribution in [2.75, 3.05) is 17.6 Å². The van der Waals surface area contributed by atoms with Crippen LogP contribution in [0.15, 0.2) is 29.8 Å². The van der Waals surface area contributed by atoms with Gasteiger partial charge in [0.15, 0.2) is 0 Å². The average Bonchev–Trinajstić information content (AvgIpc) is 3.02. The second-order valence-electron chi connectivity index (χ2n) is 5.77. The fraction of sp³-hybridized carbons (Fsp3) is 0.412. The predicted octanol–water partition coefficient (Wildman–Crippen LogP) is 3.95. The average molecular weight is 358 g/mol. The zero-order valence-electron chi connectivity index (χ0n) is 13.4. The first-order valence-corrected chi connectivity index (χ1v) is 10.1. The topological polar surface area (TPSA) is 63.6 Å². The molecule has 7 heteroatoms. The summed E-state index contributed by atoms with van der Waals surface area (Å²) in [4.78, 5) is 20.1. The number of rotatable bonds is 6. The van der Waals surface area contributed by atoms with Gasteiger partial charge in [0.1, 0.15) is 16.2 Å². The van der Waals surface area contributed by atoms with Crippen LogP contribution in [0.4, 0.5) is 5.95 Å². The molecule has 0 aromatic carbocycles. The SMILES string of the molecule is c1cnc(NCCCSc2ncnc3sc4c(c23)CCCC4)nc1. The highest BCUT2D eigenvalue weighted by atomic mass is 32.2. The number of fused-ring (bicyclic) bond motifs is 3. The number of aryl methyl sites for hydroxylation is 2. The first-order valence-electron chi connectivity index (χ1n) is 8.31. The molecule has 3 heterocycles. The molecule has 0 amide bonds. The smallest absolute Gasteiger partial charge is 0.222 e. The van der Waals surface area contributed by atoms with Gasteiger partial charge in [-0.3, -0.25) is 0 Å². The lowest BCUT2D eigenvalue weighted by molar-refractivity contribution is 0.699. The maximum absolute atomic E-state index is 4.56. The molecule has 0 bridgehead atoms. The van der Waals surface area contributed by atoms with Gasteiger partial charge in [0.25, 0.3) is 0 Å². The number of hydrogen-bond donors (Lipinski definition) is 1. The molecular weight excluding hydrogens is 338 g/mol. The van der Waals surface area contributed by atoms with Crippen LogP contribution in [-0.2, 0) is 12.8 Å². The third-order valence-electron chi connectivity index (χ3n) is 4.13. The van der Waals surface area contributed by atoms with Crippen molar-refractivity contribution in [3.63, 3.8) is 0 Å². The first-order chi connectivity index (χ1) is 11.9. The Balaban J connectivity index is 1.39. The van der Waals surface area contributed by atoms with Gasteiger partial charge in [-0.25, -0.2) is 19.9 Å². The largest absolute Gasteiger partial charge is 0.354 e. The van der Waals surface area contributed by atoms with Gasteiger partial charge >= 0.3 is 0 Å². The van der Waals surface area contributed by atoms with Crippen LogP contribution in [0.1, 0.15) is 29.7 Å². The number of nitrogens with zero attached hydrogens (tertiary/aromatic N) is 4. The Bertz CT molecular complexity index is 818. The van der Waals surface area contributed by atoms with Crippen molar-refractivity contribution in [3.8, 4) is 0 Å². The second-order valence-corrected chi connectivity index (χ2v) is 7.94. The number of thiophene rings is 1. The van der Waals surface area contributed by atoms with Gasteiger partial charge in [-0.15, -0.1) is 23.1 Å². The molecule has 24 heavy (non-hydrogen) atoms. The maximum Gasteiger partial charge on any atom is 0.222 e. The number of aromatic nitrogens is 4. The van der Waals surface area contributed by atoms with Crippen molar-refractivity contribution in [1.29, 1.82) is 0 Å². The fourth-order valence-electron chi connectivity index (χ4n) is 3.00. The lowest BCUT2D eigenvalue weighted by Gasteiger charge is -2.11. The number of thioether (sulfide) groups is 1. The van der Waals surface area contributed by atoms with Crippen molar-refractivity contribution in [2.24, 2.45) is 0 Å². The van der Waals surface area contributed by atoms with E-state index in [1.807, 2.05) is 29.2 Å². The van der Waals surface area contributed by atoms with Crippen molar-refractivity contribution in [1.82, 2.24) is 19.9 Å². The van der Waals surface area contributed by atoms with E-state index >= 15 is 0 Å². The highest BCUT2D eigenvalue weighted by molar-refractivity contribution is 7.99. The highest BCUT2D eigenvalue weighted by Crippen LogP contribution is 2.39. The maximum atomic E-state index is 4.56. The first kappa shape index (κ1) is 15.8. The fourth-order valence-corrected chi connectivity index (χ4v) is 5.26. The molecule has 0 atom stereocenters. The Morgan fingerprint density at radius 3 is 2.88 bits per heavy atom. The summed E-state index contributed by atoms with van der Waals surface area (Å²) in [6.45, 7) is 0.868. The normalized spacial score (nSPS) is 13.8. The van der Waals surface area contributed by atoms with E-state index in [2.05, 4.69) is 25.3 Å². The van der Waals surface area contributed by atoms with E-state index in [1.54, 1.807) is 18.7 Å². The van der Waals surface area contributed by atoms with Crippen LogP contribution >= 0.6 is 23.1 Å². The zero-order chi connectivity index (χ0) is 16.2. The Morgan fingerprint density at radius 1 is 1.08 bits per heavy atom. The summed E-state index contributed by atoms with van der Waals surface area (Å²) in [7, 11) is 0. The molecule has 1 aliphatic carbocycles. The van der Waals surface area contributed by atoms with E-state index in [0.717, 1.165) is 28.6 Å². The van der Waals surface area contributed by atoms with E-state index < -0.39 is 0 Å². The Labute approximate surface area is 149 Å². The van der Waals surface area contributed by atoms with E-state index in [1.165, 1.54) is 41.5 Å². The Morgan fingerprint density at radius 2 is 1.96 bits per heavy atom. The number of nitrogens with one attached hydrogen (secondary N) is 1. The van der Waals surface area contributed by atoms with Crippen LogP contribution in [0, 0.1) is 0 Å². The minimum Gasteiger partial charge on any atom is -0.354 e. The molecule has 4 rings (SSSR count).